The van der Waals surface area contributed by atoms with E-state index in [0.29, 0.717) is 17.2 Å². The molecule has 2 rings (SSSR count). The van der Waals surface area contributed by atoms with E-state index in [4.69, 9.17) is 11.6 Å². The number of alkyl halides is 4. The largest absolute Gasteiger partial charge is 0.445 e. The lowest BCUT2D eigenvalue weighted by Gasteiger charge is -2.40. The van der Waals surface area contributed by atoms with E-state index in [-0.39, 0.29) is 10.7 Å². The molecule has 1 heterocycles. The summed E-state index contributed by atoms with van der Waals surface area (Å²) in [4.78, 5) is 0. The average molecular weight is 272 g/mol. The van der Waals surface area contributed by atoms with Crippen LogP contribution in [0.25, 0.3) is 0 Å². The van der Waals surface area contributed by atoms with E-state index in [1.54, 1.807) is 0 Å². The van der Waals surface area contributed by atoms with Crippen molar-refractivity contribution in [2.24, 2.45) is 0 Å². The molecule has 1 aromatic rings. The van der Waals surface area contributed by atoms with Gasteiger partial charge < -0.3 is 5.32 Å². The van der Waals surface area contributed by atoms with Gasteiger partial charge in [0.05, 0.1) is 5.54 Å². The molecule has 0 atom stereocenters. The van der Waals surface area contributed by atoms with Gasteiger partial charge in [0, 0.05) is 5.88 Å². The quantitative estimate of drug-likeness (QED) is 0.859. The second-order valence-corrected chi connectivity index (χ2v) is 5.05. The molecule has 0 amide bonds. The summed E-state index contributed by atoms with van der Waals surface area (Å²) in [5, 5.41) is 8.78. The van der Waals surface area contributed by atoms with Gasteiger partial charge in [0.25, 0.3) is 0 Å². The Hall–Kier alpha value is -0.560. The fourth-order valence-corrected chi connectivity index (χ4v) is 2.57. The maximum Gasteiger partial charge on any atom is 0.445 e. The smallest absolute Gasteiger partial charge is 0.353 e. The highest BCUT2D eigenvalue weighted by atomic mass is 35.5. The second-order valence-electron chi connectivity index (χ2n) is 3.80. The molecule has 1 aromatic heterocycles. The van der Waals surface area contributed by atoms with Crippen LogP contribution >= 0.6 is 22.9 Å². The third-order valence-electron chi connectivity index (χ3n) is 2.61. The second kappa shape index (κ2) is 4.03. The maximum atomic E-state index is 12.3. The molecular weight excluding hydrogens is 263 g/mol. The van der Waals surface area contributed by atoms with Gasteiger partial charge in [0.2, 0.25) is 10.1 Å². The van der Waals surface area contributed by atoms with Gasteiger partial charge >= 0.3 is 6.18 Å². The molecule has 1 aliphatic carbocycles. The summed E-state index contributed by atoms with van der Waals surface area (Å²) in [6.45, 7) is 0. The Labute approximate surface area is 99.0 Å². The molecule has 0 unspecified atom stereocenters. The minimum atomic E-state index is -4.43. The SMILES string of the molecule is FC(F)(F)c1nnc(NC2(CCl)CCC2)s1. The van der Waals surface area contributed by atoms with Crippen molar-refractivity contribution in [3.8, 4) is 0 Å². The lowest BCUT2D eigenvalue weighted by atomic mass is 9.78. The Balaban J connectivity index is 2.08. The molecule has 16 heavy (non-hydrogen) atoms. The fourth-order valence-electron chi connectivity index (χ4n) is 1.51. The van der Waals surface area contributed by atoms with E-state index in [0.717, 1.165) is 19.3 Å². The van der Waals surface area contributed by atoms with Gasteiger partial charge in [0.1, 0.15) is 0 Å². The van der Waals surface area contributed by atoms with E-state index < -0.39 is 11.2 Å². The van der Waals surface area contributed by atoms with Crippen LogP contribution in [0.2, 0.25) is 0 Å². The molecule has 0 radical (unpaired) electrons. The lowest BCUT2D eigenvalue weighted by Crippen LogP contribution is -2.46. The number of rotatable bonds is 3. The average Bonchev–Trinajstić information content (AvgIpc) is 2.58. The van der Waals surface area contributed by atoms with E-state index >= 15 is 0 Å². The van der Waals surface area contributed by atoms with Gasteiger partial charge in [-0.2, -0.15) is 13.2 Å². The molecule has 1 fully saturated rings. The zero-order chi connectivity index (χ0) is 11.8. The first kappa shape index (κ1) is 11.9. The van der Waals surface area contributed by atoms with Crippen LogP contribution in [0.4, 0.5) is 18.3 Å². The van der Waals surface area contributed by atoms with Crippen LogP contribution in [0.5, 0.6) is 0 Å². The standard InChI is InChI=1S/C8H9ClF3N3S/c9-4-7(2-1-3-7)13-6-15-14-5(16-6)8(10,11)12/h1-4H2,(H,13,15). The first-order chi connectivity index (χ1) is 7.45. The molecule has 3 nitrogen and oxygen atoms in total. The lowest BCUT2D eigenvalue weighted by molar-refractivity contribution is -0.138. The van der Waals surface area contributed by atoms with Crippen molar-refractivity contribution in [3.63, 3.8) is 0 Å². The van der Waals surface area contributed by atoms with Crippen LogP contribution in [0.1, 0.15) is 24.3 Å². The van der Waals surface area contributed by atoms with Crippen LogP contribution in [0.15, 0.2) is 0 Å². The van der Waals surface area contributed by atoms with Gasteiger partial charge in [-0.3, -0.25) is 0 Å². The molecule has 1 saturated carbocycles. The normalized spacial score (nSPS) is 19.2. The Morgan fingerprint density at radius 3 is 2.44 bits per heavy atom. The number of hydrogen-bond acceptors (Lipinski definition) is 4. The van der Waals surface area contributed by atoms with Crippen molar-refractivity contribution in [2.45, 2.75) is 31.0 Å². The molecule has 90 valence electrons. The van der Waals surface area contributed by atoms with Crippen molar-refractivity contribution < 1.29 is 13.2 Å². The monoisotopic (exact) mass is 271 g/mol. The highest BCUT2D eigenvalue weighted by Crippen LogP contribution is 2.39. The number of nitrogens with one attached hydrogen (secondary N) is 1. The molecule has 0 saturated heterocycles. The van der Waals surface area contributed by atoms with E-state index in [2.05, 4.69) is 15.5 Å². The van der Waals surface area contributed by atoms with Crippen LogP contribution in [0, 0.1) is 0 Å². The summed E-state index contributed by atoms with van der Waals surface area (Å²) in [6.07, 6.45) is -1.68. The molecular formula is C8H9ClF3N3S. The number of anilines is 1. The predicted octanol–water partition coefficient (Wildman–Crippen LogP) is 3.13. The van der Waals surface area contributed by atoms with Crippen LogP contribution in [0.3, 0.4) is 0 Å². The first-order valence-corrected chi connectivity index (χ1v) is 6.05. The maximum absolute atomic E-state index is 12.3. The summed E-state index contributed by atoms with van der Waals surface area (Å²) < 4.78 is 36.8. The van der Waals surface area contributed by atoms with Crippen molar-refractivity contribution in [3.05, 3.63) is 5.01 Å². The van der Waals surface area contributed by atoms with E-state index in [9.17, 15) is 13.2 Å². The summed E-state index contributed by atoms with van der Waals surface area (Å²) in [7, 11) is 0. The van der Waals surface area contributed by atoms with Gasteiger partial charge in [-0.05, 0) is 19.3 Å². The highest BCUT2D eigenvalue weighted by molar-refractivity contribution is 7.15. The number of aromatic nitrogens is 2. The van der Waals surface area contributed by atoms with Crippen molar-refractivity contribution in [1.82, 2.24) is 10.2 Å². The predicted molar refractivity (Wildman–Crippen MR) is 55.8 cm³/mol. The number of hydrogen-bond donors (Lipinski definition) is 1. The Morgan fingerprint density at radius 2 is 2.06 bits per heavy atom. The summed E-state index contributed by atoms with van der Waals surface area (Å²) >= 11 is 6.29. The third kappa shape index (κ3) is 2.24. The molecule has 0 aromatic carbocycles. The number of halogens is 4. The van der Waals surface area contributed by atoms with Crippen molar-refractivity contribution >= 4 is 28.1 Å². The molecule has 8 heteroatoms. The van der Waals surface area contributed by atoms with Gasteiger partial charge in [-0.15, -0.1) is 21.8 Å². The zero-order valence-corrected chi connectivity index (χ0v) is 9.72. The molecule has 0 aliphatic heterocycles. The molecule has 1 aliphatic rings. The van der Waals surface area contributed by atoms with Crippen LogP contribution in [-0.4, -0.2) is 21.6 Å². The van der Waals surface area contributed by atoms with Crippen molar-refractivity contribution in [1.29, 1.82) is 0 Å². The Kier molecular flexibility index (Phi) is 3.00. The highest BCUT2D eigenvalue weighted by Gasteiger charge is 2.39. The molecule has 0 bridgehead atoms. The van der Waals surface area contributed by atoms with Gasteiger partial charge in [-0.1, -0.05) is 11.3 Å². The fraction of sp³-hybridized carbons (Fsp3) is 0.750. The van der Waals surface area contributed by atoms with Crippen LogP contribution in [-0.2, 0) is 6.18 Å². The topological polar surface area (TPSA) is 37.8 Å². The minimum Gasteiger partial charge on any atom is -0.353 e. The molecule has 0 spiro atoms. The third-order valence-corrected chi connectivity index (χ3v) is 4.00. The minimum absolute atomic E-state index is 0.188. The zero-order valence-electron chi connectivity index (χ0n) is 8.14. The van der Waals surface area contributed by atoms with Crippen LogP contribution < -0.4 is 5.32 Å². The Morgan fingerprint density at radius 1 is 1.38 bits per heavy atom. The molecule has 1 N–H and O–H groups in total. The van der Waals surface area contributed by atoms with Gasteiger partial charge in [-0.25, -0.2) is 0 Å². The number of nitrogens with zero attached hydrogens (tertiary/aromatic N) is 2. The van der Waals surface area contributed by atoms with Gasteiger partial charge in [0.15, 0.2) is 0 Å². The summed E-state index contributed by atoms with van der Waals surface area (Å²) in [5.41, 5.74) is -0.288. The summed E-state index contributed by atoms with van der Waals surface area (Å²) in [5.74, 6) is 0.369. The van der Waals surface area contributed by atoms with Crippen molar-refractivity contribution in [2.75, 3.05) is 11.2 Å². The van der Waals surface area contributed by atoms with E-state index in [1.807, 2.05) is 0 Å². The van der Waals surface area contributed by atoms with E-state index in [1.165, 1.54) is 0 Å². The summed E-state index contributed by atoms with van der Waals surface area (Å²) in [6, 6.07) is 0. The Bertz CT molecular complexity index is 369. The first-order valence-electron chi connectivity index (χ1n) is 4.70.